The second kappa shape index (κ2) is 7.94. The van der Waals surface area contributed by atoms with Gasteiger partial charge in [-0.25, -0.2) is 4.79 Å². The highest BCUT2D eigenvalue weighted by Gasteiger charge is 2.29. The number of fused-ring (bicyclic) bond motifs is 1. The number of nitrogens with zero attached hydrogens (tertiary/aromatic N) is 3. The van der Waals surface area contributed by atoms with E-state index in [0.29, 0.717) is 26.3 Å². The van der Waals surface area contributed by atoms with E-state index in [-0.39, 0.29) is 11.8 Å². The molecular formula is C22H23N3O3. The Morgan fingerprint density at radius 2 is 1.96 bits per heavy atom. The van der Waals surface area contributed by atoms with Crippen LogP contribution in [-0.2, 0) is 9.47 Å². The summed E-state index contributed by atoms with van der Waals surface area (Å²) in [5.74, 6) is -0.449. The van der Waals surface area contributed by atoms with Crippen molar-refractivity contribution in [3.05, 3.63) is 65.4 Å². The first-order chi connectivity index (χ1) is 13.7. The zero-order valence-corrected chi connectivity index (χ0v) is 16.1. The minimum absolute atomic E-state index is 0.0723. The summed E-state index contributed by atoms with van der Waals surface area (Å²) in [5.41, 5.74) is 4.13. The molecule has 144 valence electrons. The number of esters is 1. The van der Waals surface area contributed by atoms with Gasteiger partial charge in [0.1, 0.15) is 6.10 Å². The standard InChI is InChI=1S/C22H23N3O3/c1-3-27-22(26)20-21(17-10-6-7-11-18(17)23-24-20)25-12-13-28-19(14-25)16-9-5-4-8-15(16)2/h4-11,19H,3,12-14H2,1-2H3. The number of benzene rings is 2. The lowest BCUT2D eigenvalue weighted by Gasteiger charge is -2.36. The molecule has 6 nitrogen and oxygen atoms in total. The third-order valence-electron chi connectivity index (χ3n) is 5.03. The first kappa shape index (κ1) is 18.4. The molecule has 4 rings (SSSR count). The van der Waals surface area contributed by atoms with Crippen molar-refractivity contribution in [3.63, 3.8) is 0 Å². The summed E-state index contributed by atoms with van der Waals surface area (Å²) >= 11 is 0. The molecule has 0 amide bonds. The summed E-state index contributed by atoms with van der Waals surface area (Å²) in [6, 6.07) is 16.0. The molecule has 1 atom stereocenters. The molecule has 0 saturated carbocycles. The number of carbonyl (C=O) groups excluding carboxylic acids is 1. The molecule has 28 heavy (non-hydrogen) atoms. The van der Waals surface area contributed by atoms with Gasteiger partial charge in [-0.2, -0.15) is 0 Å². The maximum absolute atomic E-state index is 12.6. The van der Waals surface area contributed by atoms with Gasteiger partial charge in [-0.05, 0) is 31.0 Å². The van der Waals surface area contributed by atoms with Crippen molar-refractivity contribution in [2.75, 3.05) is 31.2 Å². The number of anilines is 1. The second-order valence-corrected chi connectivity index (χ2v) is 6.80. The molecule has 1 aliphatic rings. The van der Waals surface area contributed by atoms with Gasteiger partial charge < -0.3 is 14.4 Å². The summed E-state index contributed by atoms with van der Waals surface area (Å²) in [6.45, 7) is 6.04. The highest BCUT2D eigenvalue weighted by atomic mass is 16.5. The number of aromatic nitrogens is 2. The molecule has 0 bridgehead atoms. The largest absolute Gasteiger partial charge is 0.461 e. The van der Waals surface area contributed by atoms with Crippen LogP contribution in [0.4, 0.5) is 5.69 Å². The van der Waals surface area contributed by atoms with Crippen LogP contribution in [0.3, 0.4) is 0 Å². The Balaban J connectivity index is 1.77. The predicted molar refractivity (Wildman–Crippen MR) is 108 cm³/mol. The summed E-state index contributed by atoms with van der Waals surface area (Å²) in [6.07, 6.45) is -0.0723. The topological polar surface area (TPSA) is 64.5 Å². The second-order valence-electron chi connectivity index (χ2n) is 6.80. The third-order valence-corrected chi connectivity index (χ3v) is 5.03. The lowest BCUT2D eigenvalue weighted by atomic mass is 10.0. The Kier molecular flexibility index (Phi) is 5.21. The first-order valence-corrected chi connectivity index (χ1v) is 9.53. The number of morpholine rings is 1. The quantitative estimate of drug-likeness (QED) is 0.646. The Morgan fingerprint density at radius 3 is 2.79 bits per heavy atom. The summed E-state index contributed by atoms with van der Waals surface area (Å²) < 4.78 is 11.3. The zero-order chi connectivity index (χ0) is 19.5. The number of ether oxygens (including phenoxy) is 2. The summed E-state index contributed by atoms with van der Waals surface area (Å²) in [7, 11) is 0. The fourth-order valence-electron chi connectivity index (χ4n) is 3.69. The van der Waals surface area contributed by atoms with Gasteiger partial charge >= 0.3 is 5.97 Å². The number of hydrogen-bond acceptors (Lipinski definition) is 6. The van der Waals surface area contributed by atoms with Gasteiger partial charge in [-0.1, -0.05) is 42.5 Å². The van der Waals surface area contributed by atoms with Crippen molar-refractivity contribution in [1.82, 2.24) is 10.2 Å². The summed E-state index contributed by atoms with van der Waals surface area (Å²) in [5, 5.41) is 9.33. The molecule has 2 aromatic carbocycles. The van der Waals surface area contributed by atoms with Gasteiger partial charge in [0.2, 0.25) is 0 Å². The van der Waals surface area contributed by atoms with E-state index in [4.69, 9.17) is 9.47 Å². The van der Waals surface area contributed by atoms with Crippen LogP contribution < -0.4 is 4.90 Å². The number of aryl methyl sites for hydroxylation is 1. The van der Waals surface area contributed by atoms with E-state index in [1.807, 2.05) is 36.4 Å². The molecular weight excluding hydrogens is 354 g/mol. The molecule has 3 aromatic rings. The monoisotopic (exact) mass is 377 g/mol. The predicted octanol–water partition coefficient (Wildman–Crippen LogP) is 3.69. The van der Waals surface area contributed by atoms with Crippen LogP contribution in [0.1, 0.15) is 34.6 Å². The Morgan fingerprint density at radius 1 is 1.18 bits per heavy atom. The highest BCUT2D eigenvalue weighted by molar-refractivity contribution is 6.03. The van der Waals surface area contributed by atoms with Crippen molar-refractivity contribution in [2.24, 2.45) is 0 Å². The van der Waals surface area contributed by atoms with Gasteiger partial charge in [0.05, 0.1) is 24.4 Å². The fraction of sp³-hybridized carbons (Fsp3) is 0.318. The van der Waals surface area contributed by atoms with Gasteiger partial charge in [0, 0.05) is 18.5 Å². The van der Waals surface area contributed by atoms with E-state index in [0.717, 1.165) is 22.2 Å². The maximum Gasteiger partial charge on any atom is 0.361 e. The zero-order valence-electron chi connectivity index (χ0n) is 16.1. The Hall–Kier alpha value is -2.99. The Bertz CT molecular complexity index is 1010. The summed E-state index contributed by atoms with van der Waals surface area (Å²) in [4.78, 5) is 14.7. The molecule has 1 saturated heterocycles. The van der Waals surface area contributed by atoms with Crippen molar-refractivity contribution < 1.29 is 14.3 Å². The molecule has 0 N–H and O–H groups in total. The maximum atomic E-state index is 12.6. The van der Waals surface area contributed by atoms with Crippen LogP contribution in [-0.4, -0.2) is 42.5 Å². The van der Waals surface area contributed by atoms with E-state index in [1.165, 1.54) is 5.56 Å². The fourth-order valence-corrected chi connectivity index (χ4v) is 3.69. The van der Waals surface area contributed by atoms with Crippen LogP contribution >= 0.6 is 0 Å². The van der Waals surface area contributed by atoms with E-state index < -0.39 is 5.97 Å². The van der Waals surface area contributed by atoms with E-state index >= 15 is 0 Å². The van der Waals surface area contributed by atoms with Crippen LogP contribution in [0.15, 0.2) is 48.5 Å². The van der Waals surface area contributed by atoms with Crippen molar-refractivity contribution >= 4 is 22.6 Å². The van der Waals surface area contributed by atoms with E-state index in [1.54, 1.807) is 6.92 Å². The molecule has 1 fully saturated rings. The Labute approximate surface area is 164 Å². The minimum Gasteiger partial charge on any atom is -0.461 e. The van der Waals surface area contributed by atoms with Crippen LogP contribution in [0, 0.1) is 6.92 Å². The normalized spacial score (nSPS) is 16.9. The van der Waals surface area contributed by atoms with Gasteiger partial charge in [-0.15, -0.1) is 10.2 Å². The number of carbonyl (C=O) groups is 1. The lowest BCUT2D eigenvalue weighted by Crippen LogP contribution is -2.39. The van der Waals surface area contributed by atoms with E-state index in [2.05, 4.69) is 34.2 Å². The molecule has 0 aliphatic carbocycles. The average molecular weight is 377 g/mol. The molecule has 2 heterocycles. The molecule has 6 heteroatoms. The van der Waals surface area contributed by atoms with Crippen LogP contribution in [0.5, 0.6) is 0 Å². The van der Waals surface area contributed by atoms with Crippen LogP contribution in [0.25, 0.3) is 10.9 Å². The lowest BCUT2D eigenvalue weighted by molar-refractivity contribution is 0.0388. The SMILES string of the molecule is CCOC(=O)c1nnc2ccccc2c1N1CCOC(c2ccccc2C)C1. The minimum atomic E-state index is -0.449. The van der Waals surface area contributed by atoms with Gasteiger partial charge in [0.25, 0.3) is 0 Å². The molecule has 1 aliphatic heterocycles. The van der Waals surface area contributed by atoms with Crippen molar-refractivity contribution in [2.45, 2.75) is 20.0 Å². The highest BCUT2D eigenvalue weighted by Crippen LogP contribution is 2.33. The smallest absolute Gasteiger partial charge is 0.361 e. The van der Waals surface area contributed by atoms with Crippen molar-refractivity contribution in [3.8, 4) is 0 Å². The number of rotatable bonds is 4. The van der Waals surface area contributed by atoms with Gasteiger partial charge in [0.15, 0.2) is 5.69 Å². The van der Waals surface area contributed by atoms with Crippen molar-refractivity contribution in [1.29, 1.82) is 0 Å². The molecule has 1 unspecified atom stereocenters. The first-order valence-electron chi connectivity index (χ1n) is 9.53. The van der Waals surface area contributed by atoms with Gasteiger partial charge in [-0.3, -0.25) is 0 Å². The van der Waals surface area contributed by atoms with Crippen LogP contribution in [0.2, 0.25) is 0 Å². The molecule has 1 aromatic heterocycles. The number of hydrogen-bond donors (Lipinski definition) is 0. The average Bonchev–Trinajstić information content (AvgIpc) is 2.73. The molecule has 0 spiro atoms. The third kappa shape index (κ3) is 3.43. The molecule has 0 radical (unpaired) electrons. The van der Waals surface area contributed by atoms with E-state index in [9.17, 15) is 4.79 Å².